The van der Waals surface area contributed by atoms with E-state index in [1.165, 1.54) is 0 Å². The van der Waals surface area contributed by atoms with Crippen LogP contribution in [0.1, 0.15) is 39.1 Å². The lowest BCUT2D eigenvalue weighted by Gasteiger charge is -2.49. The van der Waals surface area contributed by atoms with Crippen LogP contribution in [-0.4, -0.2) is 44.5 Å². The fraction of sp³-hybridized carbons (Fsp3) is 0.310. The van der Waals surface area contributed by atoms with Crippen LogP contribution < -0.4 is 20.9 Å². The molecule has 38 heavy (non-hydrogen) atoms. The molecule has 0 radical (unpaired) electrons. The molecule has 6 nitrogen and oxygen atoms in total. The van der Waals surface area contributed by atoms with Crippen molar-refractivity contribution < 1.29 is 9.59 Å². The molecule has 0 atom stereocenters. The number of halogens is 3. The number of nitrogens with zero attached hydrogens (tertiary/aromatic N) is 1. The van der Waals surface area contributed by atoms with Crippen molar-refractivity contribution in [1.82, 2.24) is 10.6 Å². The molecular formula is C29H29Cl3N4O2. The van der Waals surface area contributed by atoms with Crippen molar-refractivity contribution in [2.45, 2.75) is 19.3 Å². The number of piperidine rings is 1. The average molecular weight is 572 g/mol. The lowest BCUT2D eigenvalue weighted by molar-refractivity contribution is 0.0952. The second kappa shape index (κ2) is 11.5. The Balaban J connectivity index is 1.32. The summed E-state index contributed by atoms with van der Waals surface area (Å²) in [5.41, 5.74) is 3.74. The quantitative estimate of drug-likeness (QED) is 0.322. The molecule has 0 bridgehead atoms. The van der Waals surface area contributed by atoms with Gasteiger partial charge in [-0.05, 0) is 78.8 Å². The van der Waals surface area contributed by atoms with E-state index in [0.717, 1.165) is 50.3 Å². The Bertz CT molecular complexity index is 1350. The lowest BCUT2D eigenvalue weighted by Crippen LogP contribution is -2.58. The number of carbonyl (C=O) groups is 2. The van der Waals surface area contributed by atoms with Crippen LogP contribution in [0, 0.1) is 5.41 Å². The van der Waals surface area contributed by atoms with E-state index >= 15 is 0 Å². The summed E-state index contributed by atoms with van der Waals surface area (Å²) in [7, 11) is 0. The molecule has 9 heteroatoms. The van der Waals surface area contributed by atoms with Crippen molar-refractivity contribution in [3.63, 3.8) is 0 Å². The zero-order valence-electron chi connectivity index (χ0n) is 20.8. The van der Waals surface area contributed by atoms with Gasteiger partial charge in [-0.2, -0.15) is 0 Å². The maximum Gasteiger partial charge on any atom is 0.255 e. The van der Waals surface area contributed by atoms with E-state index in [4.69, 9.17) is 34.8 Å². The molecule has 3 aromatic carbocycles. The van der Waals surface area contributed by atoms with Crippen LogP contribution in [-0.2, 0) is 6.42 Å². The normalized spacial score (nSPS) is 16.1. The maximum atomic E-state index is 13.1. The zero-order valence-corrected chi connectivity index (χ0v) is 23.1. The predicted octanol–water partition coefficient (Wildman–Crippen LogP) is 6.06. The van der Waals surface area contributed by atoms with Crippen molar-refractivity contribution in [3.05, 3.63) is 92.4 Å². The van der Waals surface area contributed by atoms with Crippen LogP contribution in [0.3, 0.4) is 0 Å². The minimum absolute atomic E-state index is 0.224. The predicted molar refractivity (Wildman–Crippen MR) is 155 cm³/mol. The highest BCUT2D eigenvalue weighted by molar-refractivity contribution is 6.35. The third-order valence-electron chi connectivity index (χ3n) is 7.45. The van der Waals surface area contributed by atoms with E-state index in [2.05, 4.69) is 20.9 Å². The molecule has 2 aliphatic rings. The van der Waals surface area contributed by atoms with Gasteiger partial charge in [-0.3, -0.25) is 9.59 Å². The monoisotopic (exact) mass is 570 g/mol. The van der Waals surface area contributed by atoms with E-state index in [-0.39, 0.29) is 11.8 Å². The Morgan fingerprint density at radius 3 is 2.29 bits per heavy atom. The fourth-order valence-electron chi connectivity index (χ4n) is 5.07. The molecule has 1 spiro atoms. The molecule has 198 valence electrons. The van der Waals surface area contributed by atoms with Gasteiger partial charge in [0.2, 0.25) is 0 Å². The number of anilines is 2. The number of hydrogen-bond acceptors (Lipinski definition) is 4. The number of hydrogen-bond donors (Lipinski definition) is 3. The van der Waals surface area contributed by atoms with Gasteiger partial charge in [-0.15, -0.1) is 0 Å². The first-order valence-corrected chi connectivity index (χ1v) is 13.8. The number of benzene rings is 3. The van der Waals surface area contributed by atoms with Gasteiger partial charge in [0, 0.05) is 58.9 Å². The largest absolute Gasteiger partial charge is 0.370 e. The van der Waals surface area contributed by atoms with Crippen LogP contribution in [0.25, 0.3) is 0 Å². The molecule has 3 N–H and O–H groups in total. The van der Waals surface area contributed by atoms with Gasteiger partial charge < -0.3 is 20.9 Å². The van der Waals surface area contributed by atoms with Crippen LogP contribution in [0.5, 0.6) is 0 Å². The molecule has 2 amide bonds. The molecule has 0 aliphatic carbocycles. The summed E-state index contributed by atoms with van der Waals surface area (Å²) >= 11 is 18.3. The van der Waals surface area contributed by atoms with E-state index < -0.39 is 0 Å². The van der Waals surface area contributed by atoms with E-state index in [1.807, 2.05) is 18.2 Å². The Morgan fingerprint density at radius 1 is 0.868 bits per heavy atom. The molecule has 0 unspecified atom stereocenters. The summed E-state index contributed by atoms with van der Waals surface area (Å²) in [4.78, 5) is 28.4. The highest BCUT2D eigenvalue weighted by Crippen LogP contribution is 2.38. The first kappa shape index (κ1) is 26.8. The summed E-state index contributed by atoms with van der Waals surface area (Å²) < 4.78 is 0. The number of nitrogens with one attached hydrogen (secondary N) is 3. The average Bonchev–Trinajstić information content (AvgIpc) is 2.89. The standard InChI is InChI=1S/C29H29Cl3N4O2/c30-22-3-1-2-20(14-22)28(38)35-25-15-21(27(37)34-11-8-19-4-6-23(31)16-24(19)32)5-7-26(25)36-12-9-29(10-13-36)17-33-18-29/h1-7,14-16,33H,8-13,17-18H2,(H,34,37)(H,35,38). The SMILES string of the molecule is O=C(NCCc1ccc(Cl)cc1Cl)c1ccc(N2CCC3(CC2)CNC3)c(NC(=O)c2cccc(Cl)c2)c1. The minimum Gasteiger partial charge on any atom is -0.370 e. The molecular weight excluding hydrogens is 543 g/mol. The van der Waals surface area contributed by atoms with Crippen LogP contribution in [0.4, 0.5) is 11.4 Å². The molecule has 2 aliphatic heterocycles. The van der Waals surface area contributed by atoms with Gasteiger partial charge in [0.15, 0.2) is 0 Å². The van der Waals surface area contributed by atoms with Crippen LogP contribution in [0.2, 0.25) is 15.1 Å². The summed E-state index contributed by atoms with van der Waals surface area (Å²) in [6.45, 7) is 4.34. The highest BCUT2D eigenvalue weighted by atomic mass is 35.5. The van der Waals surface area contributed by atoms with Crippen LogP contribution in [0.15, 0.2) is 60.7 Å². The van der Waals surface area contributed by atoms with E-state index in [1.54, 1.807) is 42.5 Å². The maximum absolute atomic E-state index is 13.1. The summed E-state index contributed by atoms with van der Waals surface area (Å²) in [5.74, 6) is -0.501. The van der Waals surface area contributed by atoms with Crippen molar-refractivity contribution in [2.75, 3.05) is 42.9 Å². The highest BCUT2D eigenvalue weighted by Gasteiger charge is 2.40. The second-order valence-electron chi connectivity index (χ2n) is 10.0. The van der Waals surface area contributed by atoms with E-state index in [0.29, 0.717) is 50.3 Å². The Labute approximate surface area is 237 Å². The first-order valence-electron chi connectivity index (χ1n) is 12.7. The van der Waals surface area contributed by atoms with Gasteiger partial charge in [0.25, 0.3) is 11.8 Å². The van der Waals surface area contributed by atoms with Gasteiger partial charge in [-0.25, -0.2) is 0 Å². The molecule has 2 fully saturated rings. The molecule has 2 heterocycles. The third kappa shape index (κ3) is 6.10. The number of amides is 2. The van der Waals surface area contributed by atoms with Crippen molar-refractivity contribution >= 4 is 58.0 Å². The molecule has 0 saturated carbocycles. The molecule has 5 rings (SSSR count). The van der Waals surface area contributed by atoms with Gasteiger partial charge in [-0.1, -0.05) is 46.9 Å². The van der Waals surface area contributed by atoms with Gasteiger partial charge >= 0.3 is 0 Å². The van der Waals surface area contributed by atoms with E-state index in [9.17, 15) is 9.59 Å². The molecule has 3 aromatic rings. The third-order valence-corrected chi connectivity index (χ3v) is 8.28. The molecule has 2 saturated heterocycles. The molecule has 0 aromatic heterocycles. The van der Waals surface area contributed by atoms with Gasteiger partial charge in [0.1, 0.15) is 0 Å². The fourth-order valence-corrected chi connectivity index (χ4v) is 5.76. The Kier molecular flexibility index (Phi) is 8.15. The van der Waals surface area contributed by atoms with Crippen molar-refractivity contribution in [1.29, 1.82) is 0 Å². The van der Waals surface area contributed by atoms with Crippen molar-refractivity contribution in [3.8, 4) is 0 Å². The first-order chi connectivity index (χ1) is 18.3. The summed E-state index contributed by atoms with van der Waals surface area (Å²) in [6, 6.07) is 17.6. The van der Waals surface area contributed by atoms with Gasteiger partial charge in [0.05, 0.1) is 11.4 Å². The Hall–Kier alpha value is -2.77. The lowest BCUT2D eigenvalue weighted by atomic mass is 9.73. The zero-order chi connectivity index (χ0) is 26.7. The minimum atomic E-state index is -0.277. The second-order valence-corrected chi connectivity index (χ2v) is 11.3. The number of rotatable bonds is 7. The topological polar surface area (TPSA) is 73.5 Å². The van der Waals surface area contributed by atoms with Crippen molar-refractivity contribution in [2.24, 2.45) is 5.41 Å². The van der Waals surface area contributed by atoms with Crippen LogP contribution >= 0.6 is 34.8 Å². The summed E-state index contributed by atoms with van der Waals surface area (Å²) in [6.07, 6.45) is 2.76. The number of carbonyl (C=O) groups excluding carboxylic acids is 2. The summed E-state index contributed by atoms with van der Waals surface area (Å²) in [5, 5.41) is 11.0. The smallest absolute Gasteiger partial charge is 0.255 e. The Morgan fingerprint density at radius 2 is 1.61 bits per heavy atom.